The fourth-order valence-corrected chi connectivity index (χ4v) is 1.53. The zero-order chi connectivity index (χ0) is 10.6. The molecule has 0 aliphatic heterocycles. The molecule has 0 amide bonds. The second-order valence-electron chi connectivity index (χ2n) is 3.34. The molecule has 0 saturated carbocycles. The van der Waals surface area contributed by atoms with Crippen molar-refractivity contribution in [2.24, 2.45) is 5.73 Å². The Kier molecular flexibility index (Phi) is 3.92. The molecule has 3 nitrogen and oxygen atoms in total. The molecule has 0 spiro atoms. The first-order valence-corrected chi connectivity index (χ1v) is 4.68. The van der Waals surface area contributed by atoms with Crippen LogP contribution in [0.5, 0.6) is 5.75 Å². The van der Waals surface area contributed by atoms with Crippen LogP contribution in [-0.4, -0.2) is 25.4 Å². The highest BCUT2D eigenvalue weighted by Gasteiger charge is 2.11. The predicted molar refractivity (Wildman–Crippen MR) is 56.6 cm³/mol. The minimum Gasteiger partial charge on any atom is -0.497 e. The topological polar surface area (TPSA) is 55.5 Å². The zero-order valence-corrected chi connectivity index (χ0v) is 8.66. The Morgan fingerprint density at radius 1 is 1.50 bits per heavy atom. The molecule has 1 rings (SSSR count). The van der Waals surface area contributed by atoms with Crippen molar-refractivity contribution in [1.82, 2.24) is 0 Å². The molecule has 0 aliphatic rings. The summed E-state index contributed by atoms with van der Waals surface area (Å²) in [5.74, 6) is 0.862. The summed E-state index contributed by atoms with van der Waals surface area (Å²) in [5, 5.41) is 9.12. The Morgan fingerprint density at radius 3 is 2.64 bits per heavy atom. The number of ether oxygens (including phenoxy) is 1. The van der Waals surface area contributed by atoms with Crippen LogP contribution in [0.2, 0.25) is 0 Å². The summed E-state index contributed by atoms with van der Waals surface area (Å²) in [6.45, 7) is 2.55. The third-order valence-electron chi connectivity index (χ3n) is 2.42. The number of rotatable bonds is 4. The lowest BCUT2D eigenvalue weighted by Crippen LogP contribution is -2.17. The van der Waals surface area contributed by atoms with Crippen molar-refractivity contribution in [3.8, 4) is 5.75 Å². The van der Waals surface area contributed by atoms with E-state index in [2.05, 4.69) is 0 Å². The zero-order valence-electron chi connectivity index (χ0n) is 8.66. The standard InChI is InChI=1S/C11H17NO2/c1-8-5-10(14-2)3-4-11(8)9(6-12)7-13/h3-5,9,13H,6-7,12H2,1-2H3. The van der Waals surface area contributed by atoms with E-state index in [0.29, 0.717) is 6.54 Å². The summed E-state index contributed by atoms with van der Waals surface area (Å²) in [4.78, 5) is 0. The number of hydrogen-bond donors (Lipinski definition) is 2. The number of aliphatic hydroxyl groups is 1. The van der Waals surface area contributed by atoms with Gasteiger partial charge in [0.1, 0.15) is 5.75 Å². The van der Waals surface area contributed by atoms with Crippen LogP contribution in [0.25, 0.3) is 0 Å². The van der Waals surface area contributed by atoms with Crippen LogP contribution in [0.15, 0.2) is 18.2 Å². The van der Waals surface area contributed by atoms with Crippen LogP contribution in [0, 0.1) is 6.92 Å². The van der Waals surface area contributed by atoms with E-state index in [1.807, 2.05) is 25.1 Å². The SMILES string of the molecule is COc1ccc(C(CN)CO)c(C)c1. The highest BCUT2D eigenvalue weighted by molar-refractivity contribution is 5.37. The van der Waals surface area contributed by atoms with Gasteiger partial charge in [-0.05, 0) is 30.2 Å². The summed E-state index contributed by atoms with van der Waals surface area (Å²) in [6, 6.07) is 5.80. The lowest BCUT2D eigenvalue weighted by molar-refractivity contribution is 0.267. The normalized spacial score (nSPS) is 12.6. The first-order chi connectivity index (χ1) is 6.72. The number of hydrogen-bond acceptors (Lipinski definition) is 3. The number of methoxy groups -OCH3 is 1. The molecule has 78 valence electrons. The number of aryl methyl sites for hydroxylation is 1. The van der Waals surface area contributed by atoms with E-state index < -0.39 is 0 Å². The molecule has 1 unspecified atom stereocenters. The van der Waals surface area contributed by atoms with Gasteiger partial charge in [0.2, 0.25) is 0 Å². The molecule has 3 heteroatoms. The van der Waals surface area contributed by atoms with Gasteiger partial charge in [0.15, 0.2) is 0 Å². The van der Waals surface area contributed by atoms with Crippen LogP contribution >= 0.6 is 0 Å². The Morgan fingerprint density at radius 2 is 2.21 bits per heavy atom. The summed E-state index contributed by atoms with van der Waals surface area (Å²) in [5.41, 5.74) is 7.76. The highest BCUT2D eigenvalue weighted by atomic mass is 16.5. The lowest BCUT2D eigenvalue weighted by atomic mass is 9.95. The van der Waals surface area contributed by atoms with Gasteiger partial charge in [0.05, 0.1) is 13.7 Å². The van der Waals surface area contributed by atoms with Crippen LogP contribution in [-0.2, 0) is 0 Å². The maximum absolute atomic E-state index is 9.12. The van der Waals surface area contributed by atoms with Crippen LogP contribution in [0.1, 0.15) is 17.0 Å². The van der Waals surface area contributed by atoms with Crippen molar-refractivity contribution in [2.75, 3.05) is 20.3 Å². The van der Waals surface area contributed by atoms with Gasteiger partial charge >= 0.3 is 0 Å². The van der Waals surface area contributed by atoms with E-state index in [-0.39, 0.29) is 12.5 Å². The van der Waals surface area contributed by atoms with Crippen LogP contribution < -0.4 is 10.5 Å². The van der Waals surface area contributed by atoms with E-state index in [4.69, 9.17) is 15.6 Å². The minimum atomic E-state index is 0.0286. The largest absolute Gasteiger partial charge is 0.497 e. The first-order valence-electron chi connectivity index (χ1n) is 4.68. The van der Waals surface area contributed by atoms with Gasteiger partial charge in [0.25, 0.3) is 0 Å². The molecule has 0 aromatic heterocycles. The molecule has 0 aliphatic carbocycles. The number of nitrogens with two attached hydrogens (primary N) is 1. The lowest BCUT2D eigenvalue weighted by Gasteiger charge is -2.15. The van der Waals surface area contributed by atoms with Gasteiger partial charge < -0.3 is 15.6 Å². The minimum absolute atomic E-state index is 0.0286. The van der Waals surface area contributed by atoms with E-state index >= 15 is 0 Å². The molecule has 1 aromatic rings. The van der Waals surface area contributed by atoms with Crippen molar-refractivity contribution in [3.63, 3.8) is 0 Å². The molecule has 0 radical (unpaired) electrons. The first kappa shape index (κ1) is 11.0. The van der Waals surface area contributed by atoms with Crippen molar-refractivity contribution in [3.05, 3.63) is 29.3 Å². The second kappa shape index (κ2) is 4.98. The van der Waals surface area contributed by atoms with Gasteiger partial charge in [-0.25, -0.2) is 0 Å². The summed E-state index contributed by atoms with van der Waals surface area (Å²) >= 11 is 0. The fraction of sp³-hybridized carbons (Fsp3) is 0.455. The Hall–Kier alpha value is -1.06. The second-order valence-corrected chi connectivity index (χ2v) is 3.34. The Labute approximate surface area is 84.5 Å². The summed E-state index contributed by atoms with van der Waals surface area (Å²) in [7, 11) is 1.64. The van der Waals surface area contributed by atoms with Crippen molar-refractivity contribution < 1.29 is 9.84 Å². The van der Waals surface area contributed by atoms with Crippen molar-refractivity contribution in [1.29, 1.82) is 0 Å². The quantitative estimate of drug-likeness (QED) is 0.754. The smallest absolute Gasteiger partial charge is 0.119 e. The molecule has 1 atom stereocenters. The molecule has 0 saturated heterocycles. The Bertz CT molecular complexity index is 295. The van der Waals surface area contributed by atoms with E-state index in [1.54, 1.807) is 7.11 Å². The molecule has 3 N–H and O–H groups in total. The maximum Gasteiger partial charge on any atom is 0.119 e. The third kappa shape index (κ3) is 2.25. The monoisotopic (exact) mass is 195 g/mol. The average molecular weight is 195 g/mol. The van der Waals surface area contributed by atoms with Gasteiger partial charge in [-0.1, -0.05) is 6.07 Å². The highest BCUT2D eigenvalue weighted by Crippen LogP contribution is 2.22. The predicted octanol–water partition coefficient (Wildman–Crippen LogP) is 1.04. The molecule has 1 aromatic carbocycles. The van der Waals surface area contributed by atoms with Crippen molar-refractivity contribution >= 4 is 0 Å². The van der Waals surface area contributed by atoms with E-state index in [1.165, 1.54) is 0 Å². The summed E-state index contributed by atoms with van der Waals surface area (Å²) < 4.78 is 5.10. The summed E-state index contributed by atoms with van der Waals surface area (Å²) in [6.07, 6.45) is 0. The molecular formula is C11H17NO2. The number of aliphatic hydroxyl groups excluding tert-OH is 1. The van der Waals surface area contributed by atoms with Gasteiger partial charge in [-0.3, -0.25) is 0 Å². The number of benzene rings is 1. The average Bonchev–Trinajstić information content (AvgIpc) is 2.22. The molecule has 14 heavy (non-hydrogen) atoms. The van der Waals surface area contributed by atoms with Crippen molar-refractivity contribution in [2.45, 2.75) is 12.8 Å². The van der Waals surface area contributed by atoms with E-state index in [9.17, 15) is 0 Å². The fourth-order valence-electron chi connectivity index (χ4n) is 1.53. The molecule has 0 heterocycles. The Balaban J connectivity index is 2.98. The van der Waals surface area contributed by atoms with Crippen LogP contribution in [0.4, 0.5) is 0 Å². The molecular weight excluding hydrogens is 178 g/mol. The molecule has 0 fully saturated rings. The third-order valence-corrected chi connectivity index (χ3v) is 2.42. The molecule has 0 bridgehead atoms. The maximum atomic E-state index is 9.12. The van der Waals surface area contributed by atoms with Gasteiger partial charge in [-0.15, -0.1) is 0 Å². The van der Waals surface area contributed by atoms with Gasteiger partial charge in [-0.2, -0.15) is 0 Å². The van der Waals surface area contributed by atoms with Crippen LogP contribution in [0.3, 0.4) is 0 Å². The van der Waals surface area contributed by atoms with Gasteiger partial charge in [0, 0.05) is 12.5 Å². The van der Waals surface area contributed by atoms with E-state index in [0.717, 1.165) is 16.9 Å².